The highest BCUT2D eigenvalue weighted by Crippen LogP contribution is 2.24. The number of rotatable bonds is 5. The van der Waals surface area contributed by atoms with Gasteiger partial charge in [0.25, 0.3) is 0 Å². The van der Waals surface area contributed by atoms with E-state index in [0.717, 1.165) is 17.7 Å². The molecule has 0 aliphatic carbocycles. The first-order chi connectivity index (χ1) is 7.54. The lowest BCUT2D eigenvalue weighted by atomic mass is 10.0. The number of nitrogens with one attached hydrogen (secondary N) is 1. The molecular weight excluding hydrogens is 202 g/mol. The molecule has 0 aromatic heterocycles. The van der Waals surface area contributed by atoms with Crippen LogP contribution in [-0.4, -0.2) is 23.4 Å². The number of phenols is 1. The van der Waals surface area contributed by atoms with E-state index in [4.69, 9.17) is 5.11 Å². The Morgan fingerprint density at radius 1 is 1.31 bits per heavy atom. The second-order valence-electron chi connectivity index (χ2n) is 4.48. The highest BCUT2D eigenvalue weighted by Gasteiger charge is 2.11. The van der Waals surface area contributed by atoms with E-state index < -0.39 is 0 Å². The molecule has 1 rings (SSSR count). The third kappa shape index (κ3) is 3.51. The maximum Gasteiger partial charge on any atom is 0.120 e. The fourth-order valence-corrected chi connectivity index (χ4v) is 1.57. The number of aliphatic hydroxyl groups excluding tert-OH is 1. The minimum atomic E-state index is 0.0916. The van der Waals surface area contributed by atoms with Crippen molar-refractivity contribution < 1.29 is 10.2 Å². The van der Waals surface area contributed by atoms with Crippen LogP contribution >= 0.6 is 0 Å². The van der Waals surface area contributed by atoms with Gasteiger partial charge in [0.15, 0.2) is 0 Å². The van der Waals surface area contributed by atoms with Gasteiger partial charge in [0.1, 0.15) is 5.75 Å². The highest BCUT2D eigenvalue weighted by atomic mass is 16.3. The van der Waals surface area contributed by atoms with Gasteiger partial charge in [-0.3, -0.25) is 0 Å². The molecule has 2 atom stereocenters. The van der Waals surface area contributed by atoms with Crippen molar-refractivity contribution in [3.8, 4) is 5.75 Å². The Balaban J connectivity index is 2.65. The van der Waals surface area contributed by atoms with Crippen LogP contribution < -0.4 is 5.32 Å². The van der Waals surface area contributed by atoms with Crippen LogP contribution in [-0.2, 0) is 0 Å². The smallest absolute Gasteiger partial charge is 0.120 e. The Bertz CT molecular complexity index is 339. The van der Waals surface area contributed by atoms with Crippen molar-refractivity contribution >= 4 is 0 Å². The van der Waals surface area contributed by atoms with Gasteiger partial charge in [-0.1, -0.05) is 24.6 Å². The van der Waals surface area contributed by atoms with Crippen LogP contribution in [0.25, 0.3) is 0 Å². The third-order valence-electron chi connectivity index (χ3n) is 2.73. The van der Waals surface area contributed by atoms with Crippen LogP contribution in [0.4, 0.5) is 0 Å². The normalized spacial score (nSPS) is 14.8. The topological polar surface area (TPSA) is 52.5 Å². The van der Waals surface area contributed by atoms with Gasteiger partial charge in [-0.2, -0.15) is 0 Å². The number of aliphatic hydroxyl groups is 1. The second kappa shape index (κ2) is 5.87. The van der Waals surface area contributed by atoms with Gasteiger partial charge in [0, 0.05) is 24.8 Å². The van der Waals surface area contributed by atoms with Crippen molar-refractivity contribution in [3.05, 3.63) is 29.3 Å². The summed E-state index contributed by atoms with van der Waals surface area (Å²) >= 11 is 0. The SMILES string of the molecule is Cc1ccc(O)c(C(C)NCC(C)CO)c1. The molecule has 0 amide bonds. The molecule has 0 aliphatic rings. The number of benzene rings is 1. The first-order valence-corrected chi connectivity index (χ1v) is 5.68. The quantitative estimate of drug-likeness (QED) is 0.715. The molecule has 2 unspecified atom stereocenters. The first-order valence-electron chi connectivity index (χ1n) is 5.68. The molecule has 0 saturated heterocycles. The minimum absolute atomic E-state index is 0.0916. The number of hydrogen-bond donors (Lipinski definition) is 3. The molecule has 16 heavy (non-hydrogen) atoms. The zero-order chi connectivity index (χ0) is 12.1. The average molecular weight is 223 g/mol. The van der Waals surface area contributed by atoms with E-state index in [0.29, 0.717) is 5.75 Å². The van der Waals surface area contributed by atoms with Gasteiger partial charge in [-0.15, -0.1) is 0 Å². The lowest BCUT2D eigenvalue weighted by molar-refractivity contribution is 0.230. The van der Waals surface area contributed by atoms with E-state index in [1.807, 2.05) is 32.9 Å². The van der Waals surface area contributed by atoms with Crippen molar-refractivity contribution in [2.45, 2.75) is 26.8 Å². The maximum absolute atomic E-state index is 9.74. The summed E-state index contributed by atoms with van der Waals surface area (Å²) in [4.78, 5) is 0. The van der Waals surface area contributed by atoms with E-state index in [1.54, 1.807) is 6.07 Å². The van der Waals surface area contributed by atoms with Crippen LogP contribution in [0.1, 0.15) is 31.0 Å². The van der Waals surface area contributed by atoms with E-state index in [9.17, 15) is 5.11 Å². The molecule has 0 radical (unpaired) electrons. The van der Waals surface area contributed by atoms with E-state index >= 15 is 0 Å². The number of phenolic OH excluding ortho intramolecular Hbond substituents is 1. The molecule has 0 fully saturated rings. The predicted octanol–water partition coefficient (Wildman–Crippen LogP) is 1.98. The van der Waals surface area contributed by atoms with Crippen molar-refractivity contribution in [2.75, 3.05) is 13.2 Å². The van der Waals surface area contributed by atoms with E-state index in [-0.39, 0.29) is 18.6 Å². The van der Waals surface area contributed by atoms with Crippen LogP contribution in [0.5, 0.6) is 5.75 Å². The fourth-order valence-electron chi connectivity index (χ4n) is 1.57. The Morgan fingerprint density at radius 3 is 2.62 bits per heavy atom. The molecule has 0 aliphatic heterocycles. The van der Waals surface area contributed by atoms with Gasteiger partial charge in [-0.25, -0.2) is 0 Å². The summed E-state index contributed by atoms with van der Waals surface area (Å²) < 4.78 is 0. The maximum atomic E-state index is 9.74. The summed E-state index contributed by atoms with van der Waals surface area (Å²) in [6, 6.07) is 5.69. The van der Waals surface area contributed by atoms with Gasteiger partial charge in [0.2, 0.25) is 0 Å². The van der Waals surface area contributed by atoms with Gasteiger partial charge in [-0.05, 0) is 25.8 Å². The molecule has 0 bridgehead atoms. The molecular formula is C13H21NO2. The Labute approximate surface area is 97.1 Å². The Hall–Kier alpha value is -1.06. The second-order valence-corrected chi connectivity index (χ2v) is 4.48. The highest BCUT2D eigenvalue weighted by molar-refractivity contribution is 5.37. The summed E-state index contributed by atoms with van der Waals surface area (Å²) in [7, 11) is 0. The summed E-state index contributed by atoms with van der Waals surface area (Å²) in [5.41, 5.74) is 2.04. The third-order valence-corrected chi connectivity index (χ3v) is 2.73. The Kier molecular flexibility index (Phi) is 4.77. The summed E-state index contributed by atoms with van der Waals surface area (Å²) in [5, 5.41) is 22.0. The number of hydrogen-bond acceptors (Lipinski definition) is 3. The molecule has 90 valence electrons. The summed E-state index contributed by atoms with van der Waals surface area (Å²) in [6.07, 6.45) is 0. The molecule has 3 heteroatoms. The van der Waals surface area contributed by atoms with Crippen molar-refractivity contribution in [1.29, 1.82) is 0 Å². The standard InChI is InChI=1S/C13H21NO2/c1-9-4-5-13(16)12(6-9)11(3)14-7-10(2)8-15/h4-6,10-11,14-16H,7-8H2,1-3H3. The van der Waals surface area contributed by atoms with Gasteiger partial charge < -0.3 is 15.5 Å². The van der Waals surface area contributed by atoms with Crippen LogP contribution in [0.3, 0.4) is 0 Å². The molecule has 1 aromatic rings. The summed E-state index contributed by atoms with van der Waals surface area (Å²) in [6.45, 7) is 6.92. The Morgan fingerprint density at radius 2 is 2.00 bits per heavy atom. The van der Waals surface area contributed by atoms with Crippen LogP contribution in [0.15, 0.2) is 18.2 Å². The first kappa shape index (κ1) is 13.0. The lowest BCUT2D eigenvalue weighted by Gasteiger charge is -2.18. The lowest BCUT2D eigenvalue weighted by Crippen LogP contribution is -2.26. The van der Waals surface area contributed by atoms with Gasteiger partial charge >= 0.3 is 0 Å². The van der Waals surface area contributed by atoms with Crippen molar-refractivity contribution in [1.82, 2.24) is 5.32 Å². The molecule has 0 heterocycles. The zero-order valence-electron chi connectivity index (χ0n) is 10.2. The van der Waals surface area contributed by atoms with Crippen molar-refractivity contribution in [2.24, 2.45) is 5.92 Å². The molecule has 0 spiro atoms. The minimum Gasteiger partial charge on any atom is -0.508 e. The molecule has 3 nitrogen and oxygen atoms in total. The van der Waals surface area contributed by atoms with Crippen LogP contribution in [0.2, 0.25) is 0 Å². The van der Waals surface area contributed by atoms with E-state index in [2.05, 4.69) is 5.32 Å². The fraction of sp³-hybridized carbons (Fsp3) is 0.538. The van der Waals surface area contributed by atoms with Crippen LogP contribution in [0, 0.1) is 12.8 Å². The monoisotopic (exact) mass is 223 g/mol. The van der Waals surface area contributed by atoms with Gasteiger partial charge in [0.05, 0.1) is 0 Å². The van der Waals surface area contributed by atoms with E-state index in [1.165, 1.54) is 0 Å². The zero-order valence-corrected chi connectivity index (χ0v) is 10.2. The van der Waals surface area contributed by atoms with Crippen molar-refractivity contribution in [3.63, 3.8) is 0 Å². The average Bonchev–Trinajstić information content (AvgIpc) is 2.28. The number of aromatic hydroxyl groups is 1. The predicted molar refractivity (Wildman–Crippen MR) is 65.5 cm³/mol. The molecule has 1 aromatic carbocycles. The largest absolute Gasteiger partial charge is 0.508 e. The molecule has 0 saturated carbocycles. The molecule has 3 N–H and O–H groups in total. The number of aryl methyl sites for hydroxylation is 1. The summed E-state index contributed by atoms with van der Waals surface area (Å²) in [5.74, 6) is 0.552.